The van der Waals surface area contributed by atoms with Crippen molar-refractivity contribution >= 4 is 57.5 Å². The number of hydrogen-bond acceptors (Lipinski definition) is 2. The van der Waals surface area contributed by atoms with Crippen molar-refractivity contribution in [3.63, 3.8) is 0 Å². The zero-order chi connectivity index (χ0) is 16.7. The maximum atomic E-state index is 13.3. The fourth-order valence-corrected chi connectivity index (χ4v) is 2.46. The molecule has 1 aromatic carbocycles. The molecule has 1 aromatic heterocycles. The van der Waals surface area contributed by atoms with E-state index < -0.39 is 0 Å². The average Bonchev–Trinajstić information content (AvgIpc) is 2.55. The first-order chi connectivity index (χ1) is 11.1. The fourth-order valence-electron chi connectivity index (χ4n) is 1.96. The lowest BCUT2D eigenvalue weighted by molar-refractivity contribution is 0.624. The molecule has 0 bridgehead atoms. The van der Waals surface area contributed by atoms with Crippen LogP contribution in [0.5, 0.6) is 0 Å². The first-order valence-electron chi connectivity index (χ1n) is 7.07. The normalized spacial score (nSPS) is 10.9. The third-order valence-corrected chi connectivity index (χ3v) is 4.17. The van der Waals surface area contributed by atoms with Crippen molar-refractivity contribution in [1.82, 2.24) is 15.6 Å². The van der Waals surface area contributed by atoms with E-state index in [0.29, 0.717) is 24.2 Å². The summed E-state index contributed by atoms with van der Waals surface area (Å²) in [5.74, 6) is 0.395. The smallest absolute Gasteiger partial charge is 0.191 e. The minimum atomic E-state index is -0.261. The van der Waals surface area contributed by atoms with E-state index in [4.69, 9.17) is 11.6 Å². The fraction of sp³-hybridized carbons (Fsp3) is 0.250. The minimum Gasteiger partial charge on any atom is -0.356 e. The molecule has 1 heterocycles. The summed E-state index contributed by atoms with van der Waals surface area (Å²) in [7, 11) is 1.69. The number of halogens is 4. The maximum absolute atomic E-state index is 13.3. The molecular formula is C16H18BrClFIN4. The lowest BCUT2D eigenvalue weighted by Crippen LogP contribution is -2.37. The Morgan fingerprint density at radius 2 is 2.08 bits per heavy atom. The first kappa shape index (κ1) is 21.1. The number of aromatic nitrogens is 1. The topological polar surface area (TPSA) is 49.3 Å². The largest absolute Gasteiger partial charge is 0.356 e. The van der Waals surface area contributed by atoms with E-state index >= 15 is 0 Å². The van der Waals surface area contributed by atoms with Gasteiger partial charge in [0.2, 0.25) is 0 Å². The number of aliphatic imine (C=N–C) groups is 1. The summed E-state index contributed by atoms with van der Waals surface area (Å²) in [5.41, 5.74) is 1.92. The molecule has 0 saturated heterocycles. The molecule has 0 fully saturated rings. The molecule has 0 amide bonds. The number of benzene rings is 1. The van der Waals surface area contributed by atoms with Gasteiger partial charge in [0.1, 0.15) is 11.0 Å². The molecular weight excluding hydrogens is 509 g/mol. The second kappa shape index (κ2) is 10.8. The quantitative estimate of drug-likeness (QED) is 0.266. The SMILES string of the molecule is CN=C(NCCc1ccc(Cl)nc1)NCc1cc(F)ccc1Br.I. The van der Waals surface area contributed by atoms with Crippen molar-refractivity contribution in [3.05, 3.63) is 63.1 Å². The van der Waals surface area contributed by atoms with E-state index in [1.807, 2.05) is 6.07 Å². The van der Waals surface area contributed by atoms with E-state index in [9.17, 15) is 4.39 Å². The van der Waals surface area contributed by atoms with Gasteiger partial charge in [-0.1, -0.05) is 33.6 Å². The van der Waals surface area contributed by atoms with Crippen LogP contribution in [0.3, 0.4) is 0 Å². The Bertz CT molecular complexity index is 682. The van der Waals surface area contributed by atoms with Crippen LogP contribution in [0.15, 0.2) is 46.0 Å². The van der Waals surface area contributed by atoms with Crippen molar-refractivity contribution in [1.29, 1.82) is 0 Å². The number of nitrogens with one attached hydrogen (secondary N) is 2. The number of hydrogen-bond donors (Lipinski definition) is 2. The van der Waals surface area contributed by atoms with E-state index in [-0.39, 0.29) is 29.8 Å². The molecule has 0 radical (unpaired) electrons. The summed E-state index contributed by atoms with van der Waals surface area (Å²) >= 11 is 9.16. The summed E-state index contributed by atoms with van der Waals surface area (Å²) < 4.78 is 14.1. The van der Waals surface area contributed by atoms with Gasteiger partial charge in [-0.05, 0) is 41.8 Å². The van der Waals surface area contributed by atoms with Crippen LogP contribution in [-0.4, -0.2) is 24.5 Å². The van der Waals surface area contributed by atoms with Gasteiger partial charge in [0.05, 0.1) is 0 Å². The van der Waals surface area contributed by atoms with Crippen LogP contribution in [0, 0.1) is 5.82 Å². The van der Waals surface area contributed by atoms with Crippen LogP contribution >= 0.6 is 51.5 Å². The van der Waals surface area contributed by atoms with Crippen molar-refractivity contribution in [2.24, 2.45) is 4.99 Å². The molecule has 0 unspecified atom stereocenters. The molecule has 130 valence electrons. The van der Waals surface area contributed by atoms with Gasteiger partial charge in [0.25, 0.3) is 0 Å². The predicted molar refractivity (Wildman–Crippen MR) is 111 cm³/mol. The molecule has 2 N–H and O–H groups in total. The molecule has 0 aliphatic carbocycles. The van der Waals surface area contributed by atoms with Crippen molar-refractivity contribution < 1.29 is 4.39 Å². The van der Waals surface area contributed by atoms with Gasteiger partial charge in [-0.3, -0.25) is 4.99 Å². The monoisotopic (exact) mass is 526 g/mol. The number of nitrogens with zero attached hydrogens (tertiary/aromatic N) is 2. The summed E-state index contributed by atoms with van der Waals surface area (Å²) in [6.07, 6.45) is 2.55. The minimum absolute atomic E-state index is 0. The second-order valence-corrected chi connectivity index (χ2v) is 6.07. The van der Waals surface area contributed by atoms with Crippen LogP contribution in [0.2, 0.25) is 5.15 Å². The highest BCUT2D eigenvalue weighted by atomic mass is 127. The Morgan fingerprint density at radius 3 is 2.75 bits per heavy atom. The van der Waals surface area contributed by atoms with Gasteiger partial charge in [-0.2, -0.15) is 0 Å². The molecule has 0 saturated carbocycles. The van der Waals surface area contributed by atoms with Crippen LogP contribution in [0.4, 0.5) is 4.39 Å². The van der Waals surface area contributed by atoms with Crippen LogP contribution < -0.4 is 10.6 Å². The van der Waals surface area contributed by atoms with Gasteiger partial charge in [0.15, 0.2) is 5.96 Å². The molecule has 2 rings (SSSR count). The molecule has 0 atom stereocenters. The van der Waals surface area contributed by atoms with Crippen LogP contribution in [0.25, 0.3) is 0 Å². The van der Waals surface area contributed by atoms with Crippen LogP contribution in [0.1, 0.15) is 11.1 Å². The zero-order valence-corrected chi connectivity index (χ0v) is 17.7. The summed E-state index contributed by atoms with van der Waals surface area (Å²) in [6, 6.07) is 8.31. The summed E-state index contributed by atoms with van der Waals surface area (Å²) in [4.78, 5) is 8.19. The zero-order valence-electron chi connectivity index (χ0n) is 13.0. The molecule has 0 spiro atoms. The molecule has 4 nitrogen and oxygen atoms in total. The van der Waals surface area contributed by atoms with Gasteiger partial charge >= 0.3 is 0 Å². The third kappa shape index (κ3) is 6.90. The third-order valence-electron chi connectivity index (χ3n) is 3.17. The van der Waals surface area contributed by atoms with Crippen molar-refractivity contribution in [3.8, 4) is 0 Å². The number of pyridine rings is 1. The van der Waals surface area contributed by atoms with E-state index in [1.54, 1.807) is 25.4 Å². The lowest BCUT2D eigenvalue weighted by atomic mass is 10.2. The van der Waals surface area contributed by atoms with E-state index in [1.165, 1.54) is 12.1 Å². The lowest BCUT2D eigenvalue weighted by Gasteiger charge is -2.13. The van der Waals surface area contributed by atoms with E-state index in [0.717, 1.165) is 22.0 Å². The van der Waals surface area contributed by atoms with Crippen LogP contribution in [-0.2, 0) is 13.0 Å². The van der Waals surface area contributed by atoms with E-state index in [2.05, 4.69) is 36.5 Å². The molecule has 0 aliphatic rings. The Balaban J connectivity index is 0.00000288. The first-order valence-corrected chi connectivity index (χ1v) is 8.24. The van der Waals surface area contributed by atoms with Gasteiger partial charge in [0, 0.05) is 30.8 Å². The Labute approximate surface area is 171 Å². The Hall–Kier alpha value is -0.930. The number of guanidine groups is 1. The molecule has 0 aliphatic heterocycles. The molecule has 8 heteroatoms. The number of rotatable bonds is 5. The second-order valence-electron chi connectivity index (χ2n) is 4.83. The highest BCUT2D eigenvalue weighted by Crippen LogP contribution is 2.17. The van der Waals surface area contributed by atoms with Gasteiger partial charge in [-0.25, -0.2) is 9.37 Å². The highest BCUT2D eigenvalue weighted by Gasteiger charge is 2.04. The maximum Gasteiger partial charge on any atom is 0.191 e. The standard InChI is InChI=1S/C16H17BrClFN4.HI/c1-20-16(21-7-6-11-2-5-15(18)22-9-11)23-10-12-8-13(19)3-4-14(12)17;/h2-5,8-9H,6-7,10H2,1H3,(H2,20,21,23);1H. The summed E-state index contributed by atoms with van der Waals surface area (Å²) in [6.45, 7) is 1.17. The van der Waals surface area contributed by atoms with Crippen molar-refractivity contribution in [2.45, 2.75) is 13.0 Å². The Morgan fingerprint density at radius 1 is 1.29 bits per heavy atom. The Kier molecular flexibility index (Phi) is 9.53. The van der Waals surface area contributed by atoms with Crippen molar-refractivity contribution in [2.75, 3.05) is 13.6 Å². The van der Waals surface area contributed by atoms with Gasteiger partial charge < -0.3 is 10.6 Å². The average molecular weight is 528 g/mol. The molecule has 24 heavy (non-hydrogen) atoms. The van der Waals surface area contributed by atoms with Gasteiger partial charge in [-0.15, -0.1) is 24.0 Å². The molecule has 2 aromatic rings. The predicted octanol–water partition coefficient (Wildman–Crippen LogP) is 4.16. The highest BCUT2D eigenvalue weighted by molar-refractivity contribution is 14.0. The summed E-state index contributed by atoms with van der Waals surface area (Å²) in [5, 5.41) is 6.85.